The molecule has 8 nitrogen and oxygen atoms in total. The minimum atomic E-state index is -1.08. The second kappa shape index (κ2) is 9.22. The highest BCUT2D eigenvalue weighted by atomic mass is 32.2. The molecule has 2 aromatic rings. The molecular formula is C22H23N3O5S. The van der Waals surface area contributed by atoms with E-state index in [-0.39, 0.29) is 11.3 Å². The van der Waals surface area contributed by atoms with Crippen LogP contribution in [0.25, 0.3) is 0 Å². The number of aryl methyl sites for hydroxylation is 1. The third-order valence-corrected chi connectivity index (χ3v) is 6.10. The lowest BCUT2D eigenvalue weighted by molar-refractivity contribution is -0.124. The van der Waals surface area contributed by atoms with Gasteiger partial charge in [0.05, 0.1) is 5.56 Å². The molecule has 4 amide bonds. The van der Waals surface area contributed by atoms with Crippen LogP contribution in [-0.2, 0) is 14.3 Å². The van der Waals surface area contributed by atoms with Crippen LogP contribution in [0.4, 0.5) is 10.5 Å². The largest absolute Gasteiger partial charge is 0.449 e. The normalized spacial score (nSPS) is 18.7. The lowest BCUT2D eigenvalue weighted by Gasteiger charge is -2.20. The van der Waals surface area contributed by atoms with E-state index in [9.17, 15) is 19.2 Å². The molecule has 1 fully saturated rings. The van der Waals surface area contributed by atoms with Crippen molar-refractivity contribution < 1.29 is 23.9 Å². The average Bonchev–Trinajstić information content (AvgIpc) is 2.99. The Morgan fingerprint density at radius 3 is 2.45 bits per heavy atom. The molecule has 1 aliphatic rings. The molecule has 1 saturated heterocycles. The number of esters is 1. The van der Waals surface area contributed by atoms with Crippen LogP contribution < -0.4 is 16.0 Å². The number of benzene rings is 2. The zero-order chi connectivity index (χ0) is 22.6. The van der Waals surface area contributed by atoms with Crippen molar-refractivity contribution in [2.45, 2.75) is 37.3 Å². The minimum Gasteiger partial charge on any atom is -0.449 e. The monoisotopic (exact) mass is 441 g/mol. The summed E-state index contributed by atoms with van der Waals surface area (Å²) >= 11 is 1.24. The van der Waals surface area contributed by atoms with Crippen molar-refractivity contribution in [3.8, 4) is 0 Å². The van der Waals surface area contributed by atoms with Gasteiger partial charge in [-0.3, -0.25) is 14.9 Å². The Kier molecular flexibility index (Phi) is 6.65. The van der Waals surface area contributed by atoms with Crippen LogP contribution >= 0.6 is 11.8 Å². The average molecular weight is 442 g/mol. The molecule has 162 valence electrons. The first-order valence-corrected chi connectivity index (χ1v) is 10.6. The molecule has 0 saturated carbocycles. The van der Waals surface area contributed by atoms with Gasteiger partial charge in [0.1, 0.15) is 5.54 Å². The number of hydrogen-bond donors (Lipinski definition) is 3. The predicted molar refractivity (Wildman–Crippen MR) is 117 cm³/mol. The van der Waals surface area contributed by atoms with Gasteiger partial charge in [0.25, 0.3) is 11.8 Å². The van der Waals surface area contributed by atoms with Gasteiger partial charge >= 0.3 is 12.0 Å². The second-order valence-electron chi connectivity index (χ2n) is 7.43. The fourth-order valence-electron chi connectivity index (χ4n) is 2.82. The number of ether oxygens (including phenoxy) is 1. The van der Waals surface area contributed by atoms with Crippen LogP contribution in [0.2, 0.25) is 0 Å². The molecule has 0 aromatic heterocycles. The van der Waals surface area contributed by atoms with E-state index in [4.69, 9.17) is 4.74 Å². The lowest BCUT2D eigenvalue weighted by Crippen LogP contribution is -2.46. The van der Waals surface area contributed by atoms with E-state index in [1.165, 1.54) is 18.7 Å². The number of hydrogen-bond acceptors (Lipinski definition) is 6. The quantitative estimate of drug-likeness (QED) is 0.346. The summed E-state index contributed by atoms with van der Waals surface area (Å²) in [7, 11) is 0. The molecule has 0 radical (unpaired) electrons. The number of nitrogens with one attached hydrogen (secondary N) is 3. The van der Waals surface area contributed by atoms with Crippen LogP contribution in [0, 0.1) is 6.92 Å². The Bertz CT molecular complexity index is 1020. The van der Waals surface area contributed by atoms with E-state index >= 15 is 0 Å². The Labute approximate surface area is 184 Å². The molecule has 0 bridgehead atoms. The van der Waals surface area contributed by atoms with Crippen LogP contribution in [0.3, 0.4) is 0 Å². The number of rotatable bonds is 7. The second-order valence-corrected chi connectivity index (χ2v) is 8.45. The van der Waals surface area contributed by atoms with Crippen molar-refractivity contribution in [3.63, 3.8) is 0 Å². The Hall–Kier alpha value is -3.33. The molecule has 2 aromatic carbocycles. The lowest BCUT2D eigenvalue weighted by atomic mass is 10.1. The summed E-state index contributed by atoms with van der Waals surface area (Å²) in [4.78, 5) is 49.1. The van der Waals surface area contributed by atoms with E-state index in [0.717, 1.165) is 5.56 Å². The molecule has 0 aliphatic carbocycles. The van der Waals surface area contributed by atoms with E-state index in [1.54, 1.807) is 43.3 Å². The Balaban J connectivity index is 1.63. The summed E-state index contributed by atoms with van der Waals surface area (Å²) in [6.07, 6.45) is -1.01. The molecule has 31 heavy (non-hydrogen) atoms. The first kappa shape index (κ1) is 22.4. The van der Waals surface area contributed by atoms with Gasteiger partial charge in [-0.1, -0.05) is 29.8 Å². The molecule has 3 N–H and O–H groups in total. The molecule has 1 aliphatic heterocycles. The summed E-state index contributed by atoms with van der Waals surface area (Å²) in [5.41, 5.74) is 0.866. The van der Waals surface area contributed by atoms with Gasteiger partial charge in [0.15, 0.2) is 6.10 Å². The number of carbonyl (C=O) groups is 4. The topological polar surface area (TPSA) is 114 Å². The molecule has 3 rings (SSSR count). The van der Waals surface area contributed by atoms with E-state index in [1.807, 2.05) is 19.1 Å². The van der Waals surface area contributed by atoms with Crippen molar-refractivity contribution in [2.24, 2.45) is 0 Å². The van der Waals surface area contributed by atoms with Crippen LogP contribution in [-0.4, -0.2) is 41.2 Å². The van der Waals surface area contributed by atoms with Crippen LogP contribution in [0.5, 0.6) is 0 Å². The van der Waals surface area contributed by atoms with E-state index < -0.39 is 35.5 Å². The first-order chi connectivity index (χ1) is 14.7. The maximum atomic E-state index is 12.7. The maximum absolute atomic E-state index is 12.7. The number of imide groups is 1. The highest BCUT2D eigenvalue weighted by Crippen LogP contribution is 2.28. The van der Waals surface area contributed by atoms with Crippen molar-refractivity contribution in [2.75, 3.05) is 11.1 Å². The minimum absolute atomic E-state index is 0.221. The third kappa shape index (κ3) is 5.43. The van der Waals surface area contributed by atoms with Gasteiger partial charge in [0, 0.05) is 16.3 Å². The molecular weight excluding hydrogens is 418 g/mol. The standard InChI is InChI=1S/C22H23N3O5S/c1-13-8-10-15(11-9-13)23-18(26)14(2)30-19(27)16-6-4-5-7-17(16)31-12-22(3)20(28)24-21(29)25-22/h4-11,14H,12H2,1-3H3,(H,23,26)(H2,24,25,28,29)/t14-,22+/m0/s1. The SMILES string of the molecule is Cc1ccc(NC(=O)[C@H](C)OC(=O)c2ccccc2SC[C@@]2(C)NC(=O)NC2=O)cc1. The summed E-state index contributed by atoms with van der Waals surface area (Å²) in [6.45, 7) is 5.05. The number of carbonyl (C=O) groups excluding carboxylic acids is 4. The molecule has 0 unspecified atom stereocenters. The Morgan fingerprint density at radius 1 is 1.13 bits per heavy atom. The molecule has 9 heteroatoms. The fourth-order valence-corrected chi connectivity index (χ4v) is 3.95. The van der Waals surface area contributed by atoms with Crippen molar-refractivity contribution >= 4 is 41.3 Å². The number of amides is 4. The summed E-state index contributed by atoms with van der Waals surface area (Å²) in [5.74, 6) is -1.30. The number of thioether (sulfide) groups is 1. The van der Waals surface area contributed by atoms with E-state index in [0.29, 0.717) is 10.6 Å². The van der Waals surface area contributed by atoms with Gasteiger partial charge in [-0.2, -0.15) is 0 Å². The van der Waals surface area contributed by atoms with Crippen molar-refractivity contribution in [1.82, 2.24) is 10.6 Å². The van der Waals surface area contributed by atoms with Crippen molar-refractivity contribution in [1.29, 1.82) is 0 Å². The fraction of sp³-hybridized carbons (Fsp3) is 0.273. The maximum Gasteiger partial charge on any atom is 0.340 e. The van der Waals surface area contributed by atoms with Gasteiger partial charge in [0.2, 0.25) is 0 Å². The van der Waals surface area contributed by atoms with Gasteiger partial charge in [-0.25, -0.2) is 9.59 Å². The number of anilines is 1. The van der Waals surface area contributed by atoms with Gasteiger partial charge < -0.3 is 15.4 Å². The van der Waals surface area contributed by atoms with Crippen LogP contribution in [0.15, 0.2) is 53.4 Å². The third-order valence-electron chi connectivity index (χ3n) is 4.71. The first-order valence-electron chi connectivity index (χ1n) is 9.62. The zero-order valence-corrected chi connectivity index (χ0v) is 18.2. The smallest absolute Gasteiger partial charge is 0.340 e. The van der Waals surface area contributed by atoms with Crippen LogP contribution in [0.1, 0.15) is 29.8 Å². The molecule has 0 spiro atoms. The molecule has 1 heterocycles. The molecule has 2 atom stereocenters. The zero-order valence-electron chi connectivity index (χ0n) is 17.4. The summed E-state index contributed by atoms with van der Waals surface area (Å²) in [6, 6.07) is 13.5. The predicted octanol–water partition coefficient (Wildman–Crippen LogP) is 2.87. The summed E-state index contributed by atoms with van der Waals surface area (Å²) in [5, 5.41) is 7.50. The van der Waals surface area contributed by atoms with E-state index in [2.05, 4.69) is 16.0 Å². The van der Waals surface area contributed by atoms with Gasteiger partial charge in [-0.05, 0) is 45.0 Å². The Morgan fingerprint density at radius 2 is 1.81 bits per heavy atom. The highest BCUT2D eigenvalue weighted by molar-refractivity contribution is 7.99. The highest BCUT2D eigenvalue weighted by Gasteiger charge is 2.42. The van der Waals surface area contributed by atoms with Crippen molar-refractivity contribution in [3.05, 3.63) is 59.7 Å². The number of urea groups is 1. The van der Waals surface area contributed by atoms with Gasteiger partial charge in [-0.15, -0.1) is 11.8 Å². The summed E-state index contributed by atoms with van der Waals surface area (Å²) < 4.78 is 5.36.